The van der Waals surface area contributed by atoms with Gasteiger partial charge in [0, 0.05) is 27.3 Å². The van der Waals surface area contributed by atoms with Gasteiger partial charge in [0.1, 0.15) is 5.03 Å². The van der Waals surface area contributed by atoms with E-state index in [2.05, 4.69) is 15.3 Å². The van der Waals surface area contributed by atoms with Crippen LogP contribution in [0.5, 0.6) is 11.5 Å². The Hall–Kier alpha value is -4.37. The number of nitrogens with zero attached hydrogens (tertiary/aromatic N) is 4. The number of aryl methyl sites for hydroxylation is 1. The van der Waals surface area contributed by atoms with Gasteiger partial charge in [0.2, 0.25) is 0 Å². The summed E-state index contributed by atoms with van der Waals surface area (Å²) < 4.78 is 12.4. The first-order valence-electron chi connectivity index (χ1n) is 11.6. The number of hydrogen-bond donors (Lipinski definition) is 1. The quantitative estimate of drug-likeness (QED) is 0.275. The van der Waals surface area contributed by atoms with Crippen LogP contribution < -0.4 is 14.8 Å². The molecule has 9 heteroatoms. The largest absolute Gasteiger partial charge is 0.493 e. The van der Waals surface area contributed by atoms with Crippen molar-refractivity contribution in [2.75, 3.05) is 19.5 Å². The molecule has 0 saturated heterocycles. The van der Waals surface area contributed by atoms with Crippen molar-refractivity contribution in [1.82, 2.24) is 19.6 Å². The van der Waals surface area contributed by atoms with Crippen molar-refractivity contribution in [3.05, 3.63) is 89.6 Å². The lowest BCUT2D eigenvalue weighted by Crippen LogP contribution is -2.13. The molecule has 0 radical (unpaired) electrons. The molecule has 37 heavy (non-hydrogen) atoms. The van der Waals surface area contributed by atoms with Crippen molar-refractivity contribution in [2.24, 2.45) is 0 Å². The molecular weight excluding hydrogens is 486 g/mol. The Bertz CT molecular complexity index is 1600. The van der Waals surface area contributed by atoms with E-state index in [1.165, 1.54) is 11.8 Å². The molecule has 3 aromatic carbocycles. The van der Waals surface area contributed by atoms with E-state index in [1.807, 2.05) is 68.4 Å². The van der Waals surface area contributed by atoms with E-state index in [-0.39, 0.29) is 5.91 Å². The first-order chi connectivity index (χ1) is 18.0. The molecule has 0 aliphatic heterocycles. The van der Waals surface area contributed by atoms with Crippen LogP contribution in [0.15, 0.2) is 82.7 Å². The predicted molar refractivity (Wildman–Crippen MR) is 144 cm³/mol. The number of carbonyl (C=O) groups excluding carboxylic acids is 1. The zero-order valence-electron chi connectivity index (χ0n) is 20.9. The van der Waals surface area contributed by atoms with Crippen molar-refractivity contribution >= 4 is 29.1 Å². The molecule has 2 aromatic heterocycles. The first kappa shape index (κ1) is 24.3. The summed E-state index contributed by atoms with van der Waals surface area (Å²) in [6, 6.07) is 22.5. The highest BCUT2D eigenvalue weighted by Gasteiger charge is 2.18. The third-order valence-corrected chi connectivity index (χ3v) is 7.18. The third kappa shape index (κ3) is 4.85. The molecule has 5 rings (SSSR count). The number of benzene rings is 3. The van der Waals surface area contributed by atoms with Gasteiger partial charge in [-0.3, -0.25) is 4.79 Å². The van der Waals surface area contributed by atoms with E-state index in [9.17, 15) is 4.79 Å². The van der Waals surface area contributed by atoms with Gasteiger partial charge in [0.25, 0.3) is 11.7 Å². The molecule has 0 atom stereocenters. The lowest BCUT2D eigenvalue weighted by molar-refractivity contribution is 0.102. The van der Waals surface area contributed by atoms with E-state index in [0.29, 0.717) is 34.4 Å². The van der Waals surface area contributed by atoms with Crippen LogP contribution in [-0.4, -0.2) is 39.7 Å². The summed E-state index contributed by atoms with van der Waals surface area (Å²) in [6.07, 6.45) is 0. The molecule has 0 saturated carbocycles. The monoisotopic (exact) mass is 511 g/mol. The second-order valence-corrected chi connectivity index (χ2v) is 9.29. The minimum atomic E-state index is -0.256. The molecule has 0 aliphatic rings. The molecule has 0 spiro atoms. The average Bonchev–Trinajstić information content (AvgIpc) is 3.35. The summed E-state index contributed by atoms with van der Waals surface area (Å²) in [5.41, 5.74) is 3.91. The van der Waals surface area contributed by atoms with E-state index in [4.69, 9.17) is 14.6 Å². The van der Waals surface area contributed by atoms with Gasteiger partial charge in [-0.2, -0.15) is 9.50 Å². The van der Waals surface area contributed by atoms with Gasteiger partial charge in [0.05, 0.1) is 19.9 Å². The average molecular weight is 512 g/mol. The van der Waals surface area contributed by atoms with E-state index in [1.54, 1.807) is 36.9 Å². The molecule has 186 valence electrons. The number of aromatic nitrogens is 4. The number of hydrogen-bond acceptors (Lipinski definition) is 7. The minimum Gasteiger partial charge on any atom is -0.493 e. The summed E-state index contributed by atoms with van der Waals surface area (Å²) in [5, 5.41) is 8.68. The number of methoxy groups -OCH3 is 2. The molecule has 5 aromatic rings. The number of rotatable bonds is 7. The zero-order chi connectivity index (χ0) is 25.9. The fourth-order valence-corrected chi connectivity index (χ4v) is 4.92. The van der Waals surface area contributed by atoms with Gasteiger partial charge in [-0.1, -0.05) is 54.2 Å². The third-order valence-electron chi connectivity index (χ3n) is 5.93. The molecule has 2 heterocycles. The Morgan fingerprint density at radius 3 is 2.38 bits per heavy atom. The fourth-order valence-electron chi connectivity index (χ4n) is 3.82. The number of nitrogens with one attached hydrogen (secondary N) is 1. The van der Waals surface area contributed by atoms with Crippen LogP contribution in [0, 0.1) is 13.8 Å². The van der Waals surface area contributed by atoms with Gasteiger partial charge < -0.3 is 14.8 Å². The molecule has 8 nitrogen and oxygen atoms in total. The molecule has 1 N–H and O–H groups in total. The fraction of sp³-hybridized carbons (Fsp3) is 0.143. The molecular formula is C28H25N5O3S. The number of amides is 1. The van der Waals surface area contributed by atoms with E-state index >= 15 is 0 Å². The molecule has 0 bridgehead atoms. The number of fused-ring (bicyclic) bond motifs is 1. The van der Waals surface area contributed by atoms with Crippen LogP contribution in [0.2, 0.25) is 0 Å². The van der Waals surface area contributed by atoms with Crippen LogP contribution in [0.25, 0.3) is 17.2 Å². The van der Waals surface area contributed by atoms with Gasteiger partial charge in [-0.05, 0) is 44.2 Å². The Kier molecular flexibility index (Phi) is 6.78. The van der Waals surface area contributed by atoms with Crippen molar-refractivity contribution in [2.45, 2.75) is 23.8 Å². The Balaban J connectivity index is 1.49. The SMILES string of the molecule is COc1ccc(C(=O)Nc2ccccc2Sc2c(C)c(C)nc3nc(-c4ccccc4)nn23)cc1OC. The lowest BCUT2D eigenvalue weighted by Gasteiger charge is -2.14. The smallest absolute Gasteiger partial charge is 0.255 e. The number of carbonyl (C=O) groups is 1. The number of ether oxygens (including phenoxy) is 2. The summed E-state index contributed by atoms with van der Waals surface area (Å²) in [6.45, 7) is 3.97. The van der Waals surface area contributed by atoms with Crippen LogP contribution in [0.4, 0.5) is 5.69 Å². The highest BCUT2D eigenvalue weighted by Crippen LogP contribution is 2.36. The number of para-hydroxylation sites is 1. The molecule has 0 aliphatic carbocycles. The van der Waals surface area contributed by atoms with Gasteiger partial charge in [-0.25, -0.2) is 4.98 Å². The van der Waals surface area contributed by atoms with Crippen LogP contribution in [0.1, 0.15) is 21.6 Å². The Labute approximate surface area is 218 Å². The predicted octanol–water partition coefficient (Wildman–Crippen LogP) is 5.83. The molecule has 1 amide bonds. The normalized spacial score (nSPS) is 10.9. The van der Waals surface area contributed by atoms with Crippen LogP contribution in [0.3, 0.4) is 0 Å². The summed E-state index contributed by atoms with van der Waals surface area (Å²) in [5.74, 6) is 1.92. The van der Waals surface area contributed by atoms with Crippen molar-refractivity contribution in [3.8, 4) is 22.9 Å². The number of anilines is 1. The topological polar surface area (TPSA) is 90.6 Å². The highest BCUT2D eigenvalue weighted by molar-refractivity contribution is 7.99. The van der Waals surface area contributed by atoms with Crippen LogP contribution >= 0.6 is 11.8 Å². The van der Waals surface area contributed by atoms with Crippen LogP contribution in [-0.2, 0) is 0 Å². The van der Waals surface area contributed by atoms with Crippen molar-refractivity contribution < 1.29 is 14.3 Å². The highest BCUT2D eigenvalue weighted by atomic mass is 32.2. The second-order valence-electron chi connectivity index (χ2n) is 8.26. The second kappa shape index (κ2) is 10.3. The van der Waals surface area contributed by atoms with Crippen molar-refractivity contribution in [1.29, 1.82) is 0 Å². The summed E-state index contributed by atoms with van der Waals surface area (Å²) in [7, 11) is 3.10. The lowest BCUT2D eigenvalue weighted by atomic mass is 10.2. The Morgan fingerprint density at radius 1 is 0.892 bits per heavy atom. The maximum Gasteiger partial charge on any atom is 0.255 e. The standard InChI is InChI=1S/C28H25N5O3S/c1-17-18(2)29-28-31-25(19-10-6-5-7-11-19)32-33(28)27(17)37-24-13-9-8-12-21(24)30-26(34)20-14-15-22(35-3)23(16-20)36-4/h5-16H,1-4H3,(H,30,34). The Morgan fingerprint density at radius 2 is 1.62 bits per heavy atom. The van der Waals surface area contributed by atoms with Gasteiger partial charge in [-0.15, -0.1) is 5.10 Å². The van der Waals surface area contributed by atoms with E-state index < -0.39 is 0 Å². The summed E-state index contributed by atoms with van der Waals surface area (Å²) in [4.78, 5) is 23.3. The summed E-state index contributed by atoms with van der Waals surface area (Å²) >= 11 is 1.50. The van der Waals surface area contributed by atoms with Gasteiger partial charge in [0.15, 0.2) is 17.3 Å². The maximum atomic E-state index is 13.1. The van der Waals surface area contributed by atoms with Gasteiger partial charge >= 0.3 is 0 Å². The molecule has 0 fully saturated rings. The molecule has 0 unspecified atom stereocenters. The van der Waals surface area contributed by atoms with E-state index in [0.717, 1.165) is 26.7 Å². The minimum absolute atomic E-state index is 0.256. The first-order valence-corrected chi connectivity index (χ1v) is 12.4. The van der Waals surface area contributed by atoms with Crippen molar-refractivity contribution in [3.63, 3.8) is 0 Å². The maximum absolute atomic E-state index is 13.1. The zero-order valence-corrected chi connectivity index (χ0v) is 21.7.